The Hall–Kier alpha value is -2.10. The Morgan fingerprint density at radius 1 is 1.14 bits per heavy atom. The molecule has 2 rings (SSSR count). The molecule has 2 aromatic rings. The average molecular weight is 303 g/mol. The number of rotatable bonds is 4. The van der Waals surface area contributed by atoms with Crippen molar-refractivity contribution < 1.29 is 14.6 Å². The topological polar surface area (TPSA) is 46.5 Å². The van der Waals surface area contributed by atoms with E-state index in [4.69, 9.17) is 16.3 Å². The van der Waals surface area contributed by atoms with E-state index >= 15 is 0 Å². The molecule has 0 aliphatic carbocycles. The molecule has 0 aliphatic rings. The first kappa shape index (κ1) is 15.3. The lowest BCUT2D eigenvalue weighted by Crippen LogP contribution is -2.13. The number of esters is 1. The number of aliphatic hydroxyl groups is 1. The van der Waals surface area contributed by atoms with Gasteiger partial charge in [0, 0.05) is 10.6 Å². The second kappa shape index (κ2) is 7.07. The van der Waals surface area contributed by atoms with Crippen molar-refractivity contribution in [2.45, 2.75) is 6.10 Å². The number of aliphatic hydroxyl groups excluding tert-OH is 1. The van der Waals surface area contributed by atoms with Gasteiger partial charge in [0.1, 0.15) is 6.10 Å². The SMILES string of the molecule is COC(=O)/C(=C\c1ccccc1)C(O)c1ccccc1Cl. The van der Waals surface area contributed by atoms with Crippen LogP contribution in [0.5, 0.6) is 0 Å². The van der Waals surface area contributed by atoms with E-state index in [0.717, 1.165) is 5.56 Å². The molecule has 0 aliphatic heterocycles. The number of hydrogen-bond donors (Lipinski definition) is 1. The van der Waals surface area contributed by atoms with E-state index in [2.05, 4.69) is 0 Å². The molecule has 4 heteroatoms. The van der Waals surface area contributed by atoms with Crippen molar-refractivity contribution in [2.75, 3.05) is 7.11 Å². The summed E-state index contributed by atoms with van der Waals surface area (Å²) < 4.78 is 4.76. The van der Waals surface area contributed by atoms with Crippen LogP contribution in [0.4, 0.5) is 0 Å². The van der Waals surface area contributed by atoms with Crippen LogP contribution in [0.15, 0.2) is 60.2 Å². The molecule has 0 fully saturated rings. The predicted octanol–water partition coefficient (Wildman–Crippen LogP) is 3.63. The maximum atomic E-state index is 11.9. The summed E-state index contributed by atoms with van der Waals surface area (Å²) in [6, 6.07) is 16.1. The number of carbonyl (C=O) groups excluding carboxylic acids is 1. The van der Waals surface area contributed by atoms with E-state index in [-0.39, 0.29) is 5.57 Å². The molecule has 0 saturated carbocycles. The summed E-state index contributed by atoms with van der Waals surface area (Å²) in [5, 5.41) is 10.9. The molecule has 0 heterocycles. The van der Waals surface area contributed by atoms with Crippen LogP contribution in [0.2, 0.25) is 5.02 Å². The third-order valence-corrected chi connectivity index (χ3v) is 3.38. The fourth-order valence-corrected chi connectivity index (χ4v) is 2.20. The van der Waals surface area contributed by atoms with Gasteiger partial charge in [-0.05, 0) is 17.7 Å². The van der Waals surface area contributed by atoms with E-state index < -0.39 is 12.1 Å². The Bertz CT molecular complexity index is 650. The molecule has 0 bridgehead atoms. The van der Waals surface area contributed by atoms with Gasteiger partial charge in [-0.25, -0.2) is 4.79 Å². The first-order valence-electron chi connectivity index (χ1n) is 6.41. The second-order valence-electron chi connectivity index (χ2n) is 4.43. The zero-order valence-corrected chi connectivity index (χ0v) is 12.2. The molecule has 2 aromatic carbocycles. The molecule has 1 N–H and O–H groups in total. The molecule has 1 atom stereocenters. The maximum Gasteiger partial charge on any atom is 0.336 e. The lowest BCUT2D eigenvalue weighted by molar-refractivity contribution is -0.137. The Morgan fingerprint density at radius 2 is 1.76 bits per heavy atom. The summed E-state index contributed by atoms with van der Waals surface area (Å²) in [5.74, 6) is -0.591. The van der Waals surface area contributed by atoms with Gasteiger partial charge >= 0.3 is 5.97 Å². The second-order valence-corrected chi connectivity index (χ2v) is 4.83. The molecule has 0 saturated heterocycles. The van der Waals surface area contributed by atoms with Gasteiger partial charge in [0.2, 0.25) is 0 Å². The molecule has 0 amide bonds. The highest BCUT2D eigenvalue weighted by molar-refractivity contribution is 6.31. The standard InChI is InChI=1S/C17H15ClO3/c1-21-17(20)14(11-12-7-3-2-4-8-12)16(19)13-9-5-6-10-15(13)18/h2-11,16,19H,1H3/b14-11-. The molecular weight excluding hydrogens is 288 g/mol. The number of halogens is 1. The van der Waals surface area contributed by atoms with Gasteiger partial charge in [0.15, 0.2) is 0 Å². The highest BCUT2D eigenvalue weighted by Crippen LogP contribution is 2.29. The van der Waals surface area contributed by atoms with Crippen LogP contribution in [0, 0.1) is 0 Å². The van der Waals surface area contributed by atoms with Crippen LogP contribution in [0.1, 0.15) is 17.2 Å². The van der Waals surface area contributed by atoms with Crippen LogP contribution in [-0.4, -0.2) is 18.2 Å². The Kier molecular flexibility index (Phi) is 5.14. The minimum absolute atomic E-state index is 0.136. The van der Waals surface area contributed by atoms with Gasteiger partial charge in [0.05, 0.1) is 12.7 Å². The summed E-state index contributed by atoms with van der Waals surface area (Å²) in [7, 11) is 1.28. The number of ether oxygens (including phenoxy) is 1. The predicted molar refractivity (Wildman–Crippen MR) is 82.8 cm³/mol. The van der Waals surface area contributed by atoms with Crippen molar-refractivity contribution in [2.24, 2.45) is 0 Å². The maximum absolute atomic E-state index is 11.9. The number of benzene rings is 2. The summed E-state index contributed by atoms with van der Waals surface area (Å²) in [5.41, 5.74) is 1.40. The number of carbonyl (C=O) groups is 1. The quantitative estimate of drug-likeness (QED) is 0.693. The van der Waals surface area contributed by atoms with Crippen molar-refractivity contribution in [3.05, 3.63) is 76.3 Å². The highest BCUT2D eigenvalue weighted by Gasteiger charge is 2.23. The van der Waals surface area contributed by atoms with Gasteiger partial charge in [0.25, 0.3) is 0 Å². The van der Waals surface area contributed by atoms with E-state index in [0.29, 0.717) is 10.6 Å². The number of methoxy groups -OCH3 is 1. The highest BCUT2D eigenvalue weighted by atomic mass is 35.5. The molecule has 3 nitrogen and oxygen atoms in total. The van der Waals surface area contributed by atoms with Crippen molar-refractivity contribution in [3.63, 3.8) is 0 Å². The first-order chi connectivity index (χ1) is 10.1. The van der Waals surface area contributed by atoms with Gasteiger partial charge in [-0.1, -0.05) is 60.1 Å². The van der Waals surface area contributed by atoms with Gasteiger partial charge in [-0.3, -0.25) is 0 Å². The van der Waals surface area contributed by atoms with Crippen molar-refractivity contribution in [1.29, 1.82) is 0 Å². The van der Waals surface area contributed by atoms with Crippen LogP contribution in [-0.2, 0) is 9.53 Å². The summed E-state index contributed by atoms with van der Waals surface area (Å²) >= 11 is 6.07. The van der Waals surface area contributed by atoms with Gasteiger partial charge in [-0.2, -0.15) is 0 Å². The van der Waals surface area contributed by atoms with Crippen LogP contribution in [0.3, 0.4) is 0 Å². The molecule has 0 radical (unpaired) electrons. The molecule has 0 aromatic heterocycles. The van der Waals surface area contributed by atoms with E-state index in [9.17, 15) is 9.90 Å². The Balaban J connectivity index is 2.44. The zero-order valence-electron chi connectivity index (χ0n) is 11.5. The van der Waals surface area contributed by atoms with Gasteiger partial charge < -0.3 is 9.84 Å². The van der Waals surface area contributed by atoms with E-state index in [1.54, 1.807) is 30.3 Å². The van der Waals surface area contributed by atoms with E-state index in [1.807, 2.05) is 30.3 Å². The summed E-state index contributed by atoms with van der Waals surface area (Å²) in [4.78, 5) is 11.9. The molecule has 108 valence electrons. The molecule has 1 unspecified atom stereocenters. The first-order valence-corrected chi connectivity index (χ1v) is 6.78. The summed E-state index contributed by atoms with van der Waals surface area (Å²) in [6.45, 7) is 0. The molecule has 0 spiro atoms. The zero-order chi connectivity index (χ0) is 15.2. The van der Waals surface area contributed by atoms with Crippen molar-refractivity contribution in [1.82, 2.24) is 0 Å². The van der Waals surface area contributed by atoms with Crippen LogP contribution < -0.4 is 0 Å². The Morgan fingerprint density at radius 3 is 2.38 bits per heavy atom. The molecular formula is C17H15ClO3. The monoisotopic (exact) mass is 302 g/mol. The normalized spacial score (nSPS) is 12.8. The fourth-order valence-electron chi connectivity index (χ4n) is 1.96. The third-order valence-electron chi connectivity index (χ3n) is 3.04. The van der Waals surface area contributed by atoms with Gasteiger partial charge in [-0.15, -0.1) is 0 Å². The fraction of sp³-hybridized carbons (Fsp3) is 0.118. The Labute approximate surface area is 128 Å². The average Bonchev–Trinajstić information content (AvgIpc) is 2.53. The minimum atomic E-state index is -1.15. The van der Waals surface area contributed by atoms with Crippen molar-refractivity contribution >= 4 is 23.6 Å². The van der Waals surface area contributed by atoms with Crippen LogP contribution >= 0.6 is 11.6 Å². The lowest BCUT2D eigenvalue weighted by Gasteiger charge is -2.15. The number of hydrogen-bond acceptors (Lipinski definition) is 3. The lowest BCUT2D eigenvalue weighted by atomic mass is 9.99. The van der Waals surface area contributed by atoms with E-state index in [1.165, 1.54) is 7.11 Å². The van der Waals surface area contributed by atoms with Crippen molar-refractivity contribution in [3.8, 4) is 0 Å². The van der Waals surface area contributed by atoms with Crippen LogP contribution in [0.25, 0.3) is 6.08 Å². The molecule has 21 heavy (non-hydrogen) atoms. The smallest absolute Gasteiger partial charge is 0.336 e. The minimum Gasteiger partial charge on any atom is -0.466 e. The summed E-state index contributed by atoms with van der Waals surface area (Å²) in [6.07, 6.45) is 0.450. The largest absolute Gasteiger partial charge is 0.466 e. The third kappa shape index (κ3) is 3.72.